The Morgan fingerprint density at radius 1 is 0.677 bits per heavy atom. The van der Waals surface area contributed by atoms with Gasteiger partial charge in [0, 0.05) is 10.0 Å². The molecule has 0 spiro atoms. The van der Waals surface area contributed by atoms with Crippen LogP contribution in [0.15, 0.2) is 112 Å². The van der Waals surface area contributed by atoms with Crippen LogP contribution < -0.4 is 11.4 Å². The molecule has 0 fully saturated rings. The second-order valence-electron chi connectivity index (χ2n) is 7.40. The molecule has 3 nitrogen and oxygen atoms in total. The van der Waals surface area contributed by atoms with Crippen molar-refractivity contribution in [3.63, 3.8) is 0 Å². The fraction of sp³-hybridized carbons (Fsp3) is 0. The molecule has 0 saturated carbocycles. The van der Waals surface area contributed by atoms with E-state index < -0.39 is 0 Å². The van der Waals surface area contributed by atoms with Gasteiger partial charge in [-0.2, -0.15) is 0 Å². The quantitative estimate of drug-likeness (QED) is 0.309. The number of hydrogen-bond donors (Lipinski definition) is 1. The minimum absolute atomic E-state index is 0.229. The average Bonchev–Trinajstić information content (AvgIpc) is 2.81. The second-order valence-corrected chi connectivity index (χ2v) is 8.31. The largest absolute Gasteiger partial charge is 0.336 e. The van der Waals surface area contributed by atoms with E-state index in [2.05, 4.69) is 28.1 Å². The predicted molar refractivity (Wildman–Crippen MR) is 132 cm³/mol. The normalized spacial score (nSPS) is 11.0. The third kappa shape index (κ3) is 3.45. The summed E-state index contributed by atoms with van der Waals surface area (Å²) in [4.78, 5) is 13.7. The van der Waals surface area contributed by atoms with E-state index in [1.54, 1.807) is 0 Å². The fourth-order valence-corrected chi connectivity index (χ4v) is 4.44. The van der Waals surface area contributed by atoms with Crippen molar-refractivity contribution in [2.24, 2.45) is 0 Å². The summed E-state index contributed by atoms with van der Waals surface area (Å²) in [5.41, 5.74) is 4.61. The Hall–Kier alpha value is -3.63. The van der Waals surface area contributed by atoms with Crippen molar-refractivity contribution < 1.29 is 0 Å². The molecule has 31 heavy (non-hydrogen) atoms. The van der Waals surface area contributed by atoms with Crippen LogP contribution in [-0.4, -0.2) is 4.68 Å². The molecule has 0 aliphatic rings. The van der Waals surface area contributed by atoms with E-state index in [9.17, 15) is 4.79 Å². The van der Waals surface area contributed by atoms with Crippen LogP contribution in [0.1, 0.15) is 0 Å². The summed E-state index contributed by atoms with van der Waals surface area (Å²) in [6, 6.07) is 33.9. The molecule has 1 aromatic heterocycles. The first-order valence-electron chi connectivity index (χ1n) is 9.98. The van der Waals surface area contributed by atoms with Gasteiger partial charge in [-0.3, -0.25) is 4.79 Å². The molecular weight excluding hydrogens is 448 g/mol. The number of benzene rings is 4. The average molecular weight is 467 g/mol. The first-order chi connectivity index (χ1) is 15.1. The maximum atomic E-state index is 13.7. The van der Waals surface area contributed by atoms with Crippen molar-refractivity contribution in [2.75, 3.05) is 5.84 Å². The Morgan fingerprint density at radius 2 is 1.35 bits per heavy atom. The molecule has 0 bridgehead atoms. The van der Waals surface area contributed by atoms with Crippen LogP contribution in [0.25, 0.3) is 44.3 Å². The maximum absolute atomic E-state index is 13.7. The highest BCUT2D eigenvalue weighted by molar-refractivity contribution is 9.10. The van der Waals surface area contributed by atoms with Gasteiger partial charge in [0.15, 0.2) is 0 Å². The summed E-state index contributed by atoms with van der Waals surface area (Å²) >= 11 is 3.52. The number of fused-ring (bicyclic) bond motifs is 1. The minimum atomic E-state index is -0.229. The third-order valence-electron chi connectivity index (χ3n) is 5.51. The molecule has 2 N–H and O–H groups in total. The molecule has 1 heterocycles. The van der Waals surface area contributed by atoms with Crippen molar-refractivity contribution in [1.29, 1.82) is 0 Å². The fourth-order valence-electron chi connectivity index (χ4n) is 4.04. The zero-order valence-corrected chi connectivity index (χ0v) is 18.2. The van der Waals surface area contributed by atoms with Crippen LogP contribution in [0, 0.1) is 0 Å². The molecular formula is C27H19BrN2O. The van der Waals surface area contributed by atoms with Gasteiger partial charge >= 0.3 is 0 Å². The van der Waals surface area contributed by atoms with Crippen LogP contribution in [0.2, 0.25) is 0 Å². The van der Waals surface area contributed by atoms with E-state index in [0.29, 0.717) is 11.3 Å². The number of rotatable bonds is 3. The number of pyridine rings is 1. The topological polar surface area (TPSA) is 48.0 Å². The SMILES string of the molecule is Nn1c(-c2cccc(Br)c2)cc(-c2ccccc2)c(-c2cccc3ccccc23)c1=O. The summed E-state index contributed by atoms with van der Waals surface area (Å²) in [6.45, 7) is 0. The van der Waals surface area contributed by atoms with Crippen molar-refractivity contribution in [3.05, 3.63) is 118 Å². The van der Waals surface area contributed by atoms with E-state index >= 15 is 0 Å². The lowest BCUT2D eigenvalue weighted by Crippen LogP contribution is -2.30. The summed E-state index contributed by atoms with van der Waals surface area (Å²) in [5.74, 6) is 6.38. The first-order valence-corrected chi connectivity index (χ1v) is 10.8. The molecule has 4 aromatic carbocycles. The van der Waals surface area contributed by atoms with E-state index in [0.717, 1.165) is 37.5 Å². The highest BCUT2D eigenvalue weighted by Crippen LogP contribution is 2.36. The molecule has 0 atom stereocenters. The molecule has 0 saturated heterocycles. The predicted octanol–water partition coefficient (Wildman–Crippen LogP) is 6.48. The Kier molecular flexibility index (Phi) is 4.92. The van der Waals surface area contributed by atoms with Gasteiger partial charge in [-0.1, -0.05) is 101 Å². The van der Waals surface area contributed by atoms with E-state index in [-0.39, 0.29) is 5.56 Å². The number of nitrogens with zero attached hydrogens (tertiary/aromatic N) is 1. The van der Waals surface area contributed by atoms with E-state index in [1.807, 2.05) is 91.0 Å². The molecule has 0 unspecified atom stereocenters. The summed E-state index contributed by atoms with van der Waals surface area (Å²) in [7, 11) is 0. The monoisotopic (exact) mass is 466 g/mol. The van der Waals surface area contributed by atoms with Crippen LogP contribution in [0.3, 0.4) is 0 Å². The van der Waals surface area contributed by atoms with Crippen molar-refractivity contribution in [3.8, 4) is 33.5 Å². The third-order valence-corrected chi connectivity index (χ3v) is 6.00. The summed E-state index contributed by atoms with van der Waals surface area (Å²) < 4.78 is 2.18. The first kappa shape index (κ1) is 19.3. The number of halogens is 1. The minimum Gasteiger partial charge on any atom is -0.336 e. The Balaban J connectivity index is 1.89. The number of nitrogens with two attached hydrogens (primary N) is 1. The van der Waals surface area contributed by atoms with Gasteiger partial charge < -0.3 is 5.84 Å². The molecule has 5 rings (SSSR count). The lowest BCUT2D eigenvalue weighted by molar-refractivity contribution is 0.951. The molecule has 150 valence electrons. The summed E-state index contributed by atoms with van der Waals surface area (Å²) in [6.07, 6.45) is 0. The van der Waals surface area contributed by atoms with Crippen LogP contribution in [0.5, 0.6) is 0 Å². The second kappa shape index (κ2) is 7.89. The van der Waals surface area contributed by atoms with Gasteiger partial charge in [-0.15, -0.1) is 0 Å². The van der Waals surface area contributed by atoms with Gasteiger partial charge in [0.1, 0.15) is 0 Å². The lowest BCUT2D eigenvalue weighted by atomic mass is 9.91. The number of hydrogen-bond acceptors (Lipinski definition) is 2. The van der Waals surface area contributed by atoms with Gasteiger partial charge in [-0.05, 0) is 45.7 Å². The van der Waals surface area contributed by atoms with Crippen molar-refractivity contribution in [2.45, 2.75) is 0 Å². The number of aromatic nitrogens is 1. The van der Waals surface area contributed by atoms with Gasteiger partial charge in [0.05, 0.1) is 11.3 Å². The van der Waals surface area contributed by atoms with Crippen LogP contribution in [0.4, 0.5) is 0 Å². The van der Waals surface area contributed by atoms with Crippen LogP contribution in [-0.2, 0) is 0 Å². The standard InChI is InChI=1S/C27H19BrN2O/c28-21-13-6-12-20(16-21)25-17-24(19-8-2-1-3-9-19)26(27(31)30(25)29)23-15-7-11-18-10-4-5-14-22(18)23/h1-17H,29H2. The van der Waals surface area contributed by atoms with E-state index in [1.165, 1.54) is 4.68 Å². The van der Waals surface area contributed by atoms with E-state index in [4.69, 9.17) is 5.84 Å². The Bertz CT molecular complexity index is 1470. The maximum Gasteiger partial charge on any atom is 0.277 e. The van der Waals surface area contributed by atoms with Gasteiger partial charge in [0.25, 0.3) is 5.56 Å². The lowest BCUT2D eigenvalue weighted by Gasteiger charge is -2.17. The zero-order chi connectivity index (χ0) is 21.4. The molecule has 0 aliphatic carbocycles. The zero-order valence-electron chi connectivity index (χ0n) is 16.6. The molecule has 5 aromatic rings. The van der Waals surface area contributed by atoms with Crippen LogP contribution >= 0.6 is 15.9 Å². The highest BCUT2D eigenvalue weighted by atomic mass is 79.9. The Morgan fingerprint density at radius 3 is 2.16 bits per heavy atom. The van der Waals surface area contributed by atoms with Gasteiger partial charge in [0.2, 0.25) is 0 Å². The van der Waals surface area contributed by atoms with Gasteiger partial charge in [-0.25, -0.2) is 4.68 Å². The molecule has 0 aliphatic heterocycles. The van der Waals surface area contributed by atoms with Crippen molar-refractivity contribution >= 4 is 26.7 Å². The molecule has 0 radical (unpaired) electrons. The van der Waals surface area contributed by atoms with Crippen molar-refractivity contribution in [1.82, 2.24) is 4.68 Å². The molecule has 4 heteroatoms. The Labute approximate surface area is 188 Å². The number of nitrogen functional groups attached to an aromatic ring is 1. The molecule has 0 amide bonds. The highest BCUT2D eigenvalue weighted by Gasteiger charge is 2.19. The smallest absolute Gasteiger partial charge is 0.277 e. The summed E-state index contributed by atoms with van der Waals surface area (Å²) in [5, 5.41) is 2.10.